The van der Waals surface area contributed by atoms with E-state index in [-0.39, 0.29) is 11.6 Å². The molecule has 0 atom stereocenters. The number of rotatable bonds is 2. The van der Waals surface area contributed by atoms with E-state index in [4.69, 9.17) is 0 Å². The monoisotopic (exact) mass is 227 g/mol. The van der Waals surface area contributed by atoms with Crippen molar-refractivity contribution in [2.45, 2.75) is 20.3 Å². The SMILES string of the molecule is CC1=CC(=O)C(Cc2cccnc2)=C(C)C1=O. The van der Waals surface area contributed by atoms with Crippen molar-refractivity contribution >= 4 is 11.6 Å². The molecule has 0 bridgehead atoms. The molecule has 0 amide bonds. The minimum atomic E-state index is -0.0662. The number of hydrogen-bond donors (Lipinski definition) is 0. The van der Waals surface area contributed by atoms with Gasteiger partial charge in [0.05, 0.1) is 0 Å². The van der Waals surface area contributed by atoms with Gasteiger partial charge >= 0.3 is 0 Å². The van der Waals surface area contributed by atoms with Crippen LogP contribution in [0.2, 0.25) is 0 Å². The molecule has 0 unspecified atom stereocenters. The molecule has 0 radical (unpaired) electrons. The van der Waals surface area contributed by atoms with Crippen LogP contribution in [0.4, 0.5) is 0 Å². The van der Waals surface area contributed by atoms with Crippen molar-refractivity contribution in [3.05, 3.63) is 52.9 Å². The number of nitrogens with zero attached hydrogens (tertiary/aromatic N) is 1. The van der Waals surface area contributed by atoms with Gasteiger partial charge in [-0.2, -0.15) is 0 Å². The third-order valence-electron chi connectivity index (χ3n) is 2.90. The summed E-state index contributed by atoms with van der Waals surface area (Å²) in [4.78, 5) is 27.6. The van der Waals surface area contributed by atoms with E-state index in [0.29, 0.717) is 23.1 Å². The maximum Gasteiger partial charge on any atom is 0.184 e. The maximum absolute atomic E-state index is 11.9. The number of carbonyl (C=O) groups excluding carboxylic acids is 2. The van der Waals surface area contributed by atoms with Crippen LogP contribution in [-0.4, -0.2) is 16.6 Å². The number of allylic oxidation sites excluding steroid dienone is 4. The van der Waals surface area contributed by atoms with Gasteiger partial charge in [-0.3, -0.25) is 14.6 Å². The summed E-state index contributed by atoms with van der Waals surface area (Å²) in [6, 6.07) is 3.72. The first-order valence-electron chi connectivity index (χ1n) is 5.45. The lowest BCUT2D eigenvalue weighted by Crippen LogP contribution is -2.18. The van der Waals surface area contributed by atoms with Crippen LogP contribution < -0.4 is 0 Å². The Morgan fingerprint density at radius 3 is 2.65 bits per heavy atom. The van der Waals surface area contributed by atoms with Gasteiger partial charge in [0.15, 0.2) is 11.6 Å². The standard InChI is InChI=1S/C14H13NO2/c1-9-6-13(16)12(10(2)14(9)17)7-11-4-3-5-15-8-11/h3-6,8H,7H2,1-2H3. The Kier molecular flexibility index (Phi) is 3.00. The highest BCUT2D eigenvalue weighted by molar-refractivity contribution is 6.22. The fraction of sp³-hybridized carbons (Fsp3) is 0.214. The van der Waals surface area contributed by atoms with Gasteiger partial charge in [0.25, 0.3) is 0 Å². The van der Waals surface area contributed by atoms with Crippen LogP contribution in [-0.2, 0) is 16.0 Å². The van der Waals surface area contributed by atoms with Crippen molar-refractivity contribution in [2.75, 3.05) is 0 Å². The minimum absolute atomic E-state index is 0.0384. The van der Waals surface area contributed by atoms with Crippen molar-refractivity contribution in [1.82, 2.24) is 4.98 Å². The van der Waals surface area contributed by atoms with Crippen molar-refractivity contribution in [2.24, 2.45) is 0 Å². The van der Waals surface area contributed by atoms with Crippen LogP contribution in [0.5, 0.6) is 0 Å². The maximum atomic E-state index is 11.9. The largest absolute Gasteiger partial charge is 0.290 e. The van der Waals surface area contributed by atoms with E-state index in [2.05, 4.69) is 4.98 Å². The predicted molar refractivity (Wildman–Crippen MR) is 64.4 cm³/mol. The molecule has 0 saturated carbocycles. The highest BCUT2D eigenvalue weighted by atomic mass is 16.1. The summed E-state index contributed by atoms with van der Waals surface area (Å²) in [5.41, 5.74) is 2.59. The molecule has 0 fully saturated rings. The van der Waals surface area contributed by atoms with E-state index in [1.165, 1.54) is 6.08 Å². The molecule has 1 aromatic heterocycles. The summed E-state index contributed by atoms with van der Waals surface area (Å²) >= 11 is 0. The van der Waals surface area contributed by atoms with Crippen LogP contribution >= 0.6 is 0 Å². The van der Waals surface area contributed by atoms with E-state index in [9.17, 15) is 9.59 Å². The Balaban J connectivity index is 2.33. The van der Waals surface area contributed by atoms with E-state index in [0.717, 1.165) is 5.56 Å². The molecule has 2 rings (SSSR count). The van der Waals surface area contributed by atoms with Gasteiger partial charge in [-0.15, -0.1) is 0 Å². The zero-order chi connectivity index (χ0) is 12.4. The molecule has 0 aromatic carbocycles. The molecule has 0 N–H and O–H groups in total. The van der Waals surface area contributed by atoms with Gasteiger partial charge in [0, 0.05) is 35.5 Å². The van der Waals surface area contributed by atoms with Gasteiger partial charge in [0.1, 0.15) is 0 Å². The lowest BCUT2D eigenvalue weighted by atomic mass is 9.88. The fourth-order valence-corrected chi connectivity index (χ4v) is 1.89. The van der Waals surface area contributed by atoms with Gasteiger partial charge in [-0.05, 0) is 31.6 Å². The summed E-state index contributed by atoms with van der Waals surface area (Å²) in [6.07, 6.45) is 5.28. The Hall–Kier alpha value is -2.03. The number of aromatic nitrogens is 1. The fourth-order valence-electron chi connectivity index (χ4n) is 1.89. The normalized spacial score (nSPS) is 16.2. The number of ketones is 2. The lowest BCUT2D eigenvalue weighted by Gasteiger charge is -2.14. The highest BCUT2D eigenvalue weighted by Gasteiger charge is 2.23. The summed E-state index contributed by atoms with van der Waals surface area (Å²) in [6.45, 7) is 3.38. The topological polar surface area (TPSA) is 47.0 Å². The Morgan fingerprint density at radius 1 is 1.24 bits per heavy atom. The summed E-state index contributed by atoms with van der Waals surface area (Å²) in [5.74, 6) is -0.105. The number of carbonyl (C=O) groups is 2. The second kappa shape index (κ2) is 4.45. The molecule has 86 valence electrons. The average molecular weight is 227 g/mol. The molecule has 1 aliphatic rings. The Morgan fingerprint density at radius 2 is 2.00 bits per heavy atom. The molecule has 0 saturated heterocycles. The van der Waals surface area contributed by atoms with Crippen molar-refractivity contribution in [3.63, 3.8) is 0 Å². The van der Waals surface area contributed by atoms with E-state index < -0.39 is 0 Å². The Labute approximate surface area is 99.9 Å². The number of pyridine rings is 1. The van der Waals surface area contributed by atoms with E-state index in [1.54, 1.807) is 26.2 Å². The van der Waals surface area contributed by atoms with Gasteiger partial charge < -0.3 is 0 Å². The first-order valence-corrected chi connectivity index (χ1v) is 5.45. The third kappa shape index (κ3) is 2.23. The van der Waals surface area contributed by atoms with Gasteiger partial charge in [0.2, 0.25) is 0 Å². The molecule has 3 heteroatoms. The molecule has 0 aliphatic heterocycles. The quantitative estimate of drug-likeness (QED) is 0.726. The van der Waals surface area contributed by atoms with Crippen molar-refractivity contribution in [3.8, 4) is 0 Å². The average Bonchev–Trinajstić information content (AvgIpc) is 2.33. The molecule has 1 aliphatic carbocycles. The van der Waals surface area contributed by atoms with Crippen LogP contribution in [0.15, 0.2) is 47.3 Å². The smallest absolute Gasteiger partial charge is 0.184 e. The summed E-state index contributed by atoms with van der Waals surface area (Å²) < 4.78 is 0. The summed E-state index contributed by atoms with van der Waals surface area (Å²) in [5, 5.41) is 0. The van der Waals surface area contributed by atoms with Crippen LogP contribution in [0.25, 0.3) is 0 Å². The van der Waals surface area contributed by atoms with E-state index in [1.807, 2.05) is 12.1 Å². The third-order valence-corrected chi connectivity index (χ3v) is 2.90. The zero-order valence-corrected chi connectivity index (χ0v) is 9.86. The highest BCUT2D eigenvalue weighted by Crippen LogP contribution is 2.21. The first kappa shape index (κ1) is 11.5. The molecule has 0 spiro atoms. The first-order chi connectivity index (χ1) is 8.09. The predicted octanol–water partition coefficient (Wildman–Crippen LogP) is 2.04. The second-order valence-electron chi connectivity index (χ2n) is 4.16. The molecule has 1 aromatic rings. The molecular formula is C14H13NO2. The van der Waals surface area contributed by atoms with Gasteiger partial charge in [-0.1, -0.05) is 6.07 Å². The lowest BCUT2D eigenvalue weighted by molar-refractivity contribution is -0.115. The molecule has 17 heavy (non-hydrogen) atoms. The van der Waals surface area contributed by atoms with Crippen LogP contribution in [0.1, 0.15) is 19.4 Å². The van der Waals surface area contributed by atoms with Crippen molar-refractivity contribution < 1.29 is 9.59 Å². The Bertz CT molecular complexity index is 539. The number of hydrogen-bond acceptors (Lipinski definition) is 3. The molecule has 3 nitrogen and oxygen atoms in total. The summed E-state index contributed by atoms with van der Waals surface area (Å²) in [7, 11) is 0. The molecular weight excluding hydrogens is 214 g/mol. The molecule has 1 heterocycles. The van der Waals surface area contributed by atoms with Crippen LogP contribution in [0, 0.1) is 0 Å². The van der Waals surface area contributed by atoms with Gasteiger partial charge in [-0.25, -0.2) is 0 Å². The second-order valence-corrected chi connectivity index (χ2v) is 4.16. The minimum Gasteiger partial charge on any atom is -0.290 e. The number of Topliss-reactive ketones (excluding diaryl/α,β-unsaturated/α-hetero) is 1. The van der Waals surface area contributed by atoms with E-state index >= 15 is 0 Å². The van der Waals surface area contributed by atoms with Crippen LogP contribution in [0.3, 0.4) is 0 Å². The van der Waals surface area contributed by atoms with Crippen molar-refractivity contribution in [1.29, 1.82) is 0 Å². The zero-order valence-electron chi connectivity index (χ0n) is 9.86.